The number of anilines is 1. The Morgan fingerprint density at radius 3 is 2.95 bits per heavy atom. The van der Waals surface area contributed by atoms with Crippen LogP contribution in [0.25, 0.3) is 0 Å². The summed E-state index contributed by atoms with van der Waals surface area (Å²) in [4.78, 5) is 16.8. The molecular weight excluding hydrogens is 244 g/mol. The molecule has 1 aromatic heterocycles. The van der Waals surface area contributed by atoms with Crippen LogP contribution < -0.4 is 5.32 Å². The first-order chi connectivity index (χ1) is 9.24. The van der Waals surface area contributed by atoms with Gasteiger partial charge in [-0.25, -0.2) is 4.98 Å². The van der Waals surface area contributed by atoms with Crippen molar-refractivity contribution in [2.45, 2.75) is 37.8 Å². The number of rotatable bonds is 3. The lowest BCUT2D eigenvalue weighted by molar-refractivity contribution is -0.385. The number of pyridine rings is 1. The summed E-state index contributed by atoms with van der Waals surface area (Å²) >= 11 is 0. The van der Waals surface area contributed by atoms with E-state index in [0.29, 0.717) is 12.1 Å². The third-order valence-electron chi connectivity index (χ3n) is 4.15. The maximum absolute atomic E-state index is 10.6. The average molecular weight is 262 g/mol. The third-order valence-corrected chi connectivity index (χ3v) is 4.15. The van der Waals surface area contributed by atoms with Crippen LogP contribution in [0.5, 0.6) is 0 Å². The fourth-order valence-corrected chi connectivity index (χ4v) is 3.19. The van der Waals surface area contributed by atoms with Gasteiger partial charge in [-0.2, -0.15) is 0 Å². The SMILES string of the molecule is O=[N+]([O-])c1ccc(NC2CCN3CCCCC23)nc1. The minimum absolute atomic E-state index is 0.0382. The quantitative estimate of drug-likeness (QED) is 0.666. The van der Waals surface area contributed by atoms with Crippen LogP contribution in [0.4, 0.5) is 11.5 Å². The second-order valence-corrected chi connectivity index (χ2v) is 5.30. The van der Waals surface area contributed by atoms with Gasteiger partial charge in [0.15, 0.2) is 0 Å². The van der Waals surface area contributed by atoms with Crippen molar-refractivity contribution >= 4 is 11.5 Å². The van der Waals surface area contributed by atoms with Crippen LogP contribution in [0.1, 0.15) is 25.7 Å². The predicted octanol–water partition coefficient (Wildman–Crippen LogP) is 2.03. The maximum atomic E-state index is 10.6. The molecule has 0 bridgehead atoms. The molecule has 3 heterocycles. The van der Waals surface area contributed by atoms with Crippen LogP contribution in [-0.4, -0.2) is 40.0 Å². The second kappa shape index (κ2) is 5.13. The molecule has 3 rings (SSSR count). The van der Waals surface area contributed by atoms with Gasteiger partial charge in [-0.15, -0.1) is 0 Å². The fraction of sp³-hybridized carbons (Fsp3) is 0.615. The van der Waals surface area contributed by atoms with Gasteiger partial charge < -0.3 is 5.32 Å². The van der Waals surface area contributed by atoms with Crippen LogP contribution in [0.3, 0.4) is 0 Å². The topological polar surface area (TPSA) is 71.3 Å². The first kappa shape index (κ1) is 12.3. The van der Waals surface area contributed by atoms with E-state index < -0.39 is 4.92 Å². The van der Waals surface area contributed by atoms with Gasteiger partial charge in [-0.05, 0) is 31.9 Å². The number of piperidine rings is 1. The first-order valence-electron chi connectivity index (χ1n) is 6.85. The van der Waals surface area contributed by atoms with Gasteiger partial charge in [-0.3, -0.25) is 15.0 Å². The molecule has 0 radical (unpaired) electrons. The van der Waals surface area contributed by atoms with Crippen molar-refractivity contribution in [3.63, 3.8) is 0 Å². The van der Waals surface area contributed by atoms with Gasteiger partial charge in [0.05, 0.1) is 4.92 Å². The Hall–Kier alpha value is -1.69. The predicted molar refractivity (Wildman–Crippen MR) is 72.1 cm³/mol. The molecule has 0 spiro atoms. The molecule has 6 heteroatoms. The highest BCUT2D eigenvalue weighted by Crippen LogP contribution is 2.29. The summed E-state index contributed by atoms with van der Waals surface area (Å²) < 4.78 is 0. The molecule has 2 saturated heterocycles. The Kier molecular flexibility index (Phi) is 3.33. The van der Waals surface area contributed by atoms with Gasteiger partial charge in [-0.1, -0.05) is 6.42 Å². The molecular formula is C13H18N4O2. The van der Waals surface area contributed by atoms with Gasteiger partial charge in [0.2, 0.25) is 0 Å². The van der Waals surface area contributed by atoms with Crippen LogP contribution in [0.2, 0.25) is 0 Å². The summed E-state index contributed by atoms with van der Waals surface area (Å²) in [6, 6.07) is 4.23. The van der Waals surface area contributed by atoms with Gasteiger partial charge in [0.25, 0.3) is 5.69 Å². The lowest BCUT2D eigenvalue weighted by atomic mass is 9.99. The monoisotopic (exact) mass is 262 g/mol. The minimum atomic E-state index is -0.421. The second-order valence-electron chi connectivity index (χ2n) is 5.30. The van der Waals surface area contributed by atoms with E-state index in [9.17, 15) is 10.1 Å². The summed E-state index contributed by atoms with van der Waals surface area (Å²) in [5, 5.41) is 14.0. The smallest absolute Gasteiger partial charge is 0.287 e. The van der Waals surface area contributed by atoms with Crippen molar-refractivity contribution < 1.29 is 4.92 Å². The van der Waals surface area contributed by atoms with Crippen LogP contribution >= 0.6 is 0 Å². The largest absolute Gasteiger partial charge is 0.366 e. The Bertz CT molecular complexity index is 462. The molecule has 2 aliphatic rings. The summed E-state index contributed by atoms with van der Waals surface area (Å²) in [5.41, 5.74) is 0.0382. The summed E-state index contributed by atoms with van der Waals surface area (Å²) in [6.45, 7) is 2.35. The summed E-state index contributed by atoms with van der Waals surface area (Å²) in [5.74, 6) is 0.739. The standard InChI is InChI=1S/C13H18N4O2/c18-17(19)10-4-5-13(14-9-10)15-11-6-8-16-7-2-1-3-12(11)16/h4-5,9,11-12H,1-3,6-8H2,(H,14,15). The normalized spacial score (nSPS) is 26.9. The van der Waals surface area contributed by atoms with E-state index >= 15 is 0 Å². The molecule has 0 amide bonds. The lowest BCUT2D eigenvalue weighted by Crippen LogP contribution is -2.41. The zero-order chi connectivity index (χ0) is 13.2. The van der Waals surface area contributed by atoms with Crippen molar-refractivity contribution in [3.05, 3.63) is 28.4 Å². The van der Waals surface area contributed by atoms with E-state index in [1.165, 1.54) is 38.1 Å². The highest BCUT2D eigenvalue weighted by atomic mass is 16.6. The molecule has 102 valence electrons. The van der Waals surface area contributed by atoms with E-state index in [-0.39, 0.29) is 5.69 Å². The van der Waals surface area contributed by atoms with Crippen molar-refractivity contribution in [2.75, 3.05) is 18.4 Å². The van der Waals surface area contributed by atoms with Crippen molar-refractivity contribution in [2.24, 2.45) is 0 Å². The van der Waals surface area contributed by atoms with E-state index in [1.54, 1.807) is 6.07 Å². The van der Waals surface area contributed by atoms with E-state index in [1.807, 2.05) is 0 Å². The Morgan fingerprint density at radius 1 is 1.32 bits per heavy atom. The van der Waals surface area contributed by atoms with Crippen molar-refractivity contribution in [1.82, 2.24) is 9.88 Å². The number of nitrogens with one attached hydrogen (secondary N) is 1. The number of aromatic nitrogens is 1. The fourth-order valence-electron chi connectivity index (χ4n) is 3.19. The zero-order valence-corrected chi connectivity index (χ0v) is 10.8. The highest BCUT2D eigenvalue weighted by Gasteiger charge is 2.35. The van der Waals surface area contributed by atoms with E-state index in [0.717, 1.165) is 18.8 Å². The Morgan fingerprint density at radius 2 is 2.21 bits per heavy atom. The molecule has 1 N–H and O–H groups in total. The van der Waals surface area contributed by atoms with Crippen LogP contribution in [0, 0.1) is 10.1 Å². The van der Waals surface area contributed by atoms with Gasteiger partial charge in [0, 0.05) is 24.7 Å². The number of hydrogen-bond donors (Lipinski definition) is 1. The molecule has 2 aliphatic heterocycles. The Balaban J connectivity index is 1.66. The molecule has 1 aromatic rings. The van der Waals surface area contributed by atoms with E-state index in [4.69, 9.17) is 0 Å². The molecule has 2 unspecified atom stereocenters. The number of nitrogens with zero attached hydrogens (tertiary/aromatic N) is 3. The highest BCUT2D eigenvalue weighted by molar-refractivity contribution is 5.41. The molecule has 0 aromatic carbocycles. The zero-order valence-electron chi connectivity index (χ0n) is 10.8. The minimum Gasteiger partial charge on any atom is -0.366 e. The molecule has 0 aliphatic carbocycles. The summed E-state index contributed by atoms with van der Waals surface area (Å²) in [7, 11) is 0. The molecule has 6 nitrogen and oxygen atoms in total. The lowest BCUT2D eigenvalue weighted by Gasteiger charge is -2.32. The molecule has 2 fully saturated rings. The Labute approximate surface area is 112 Å². The molecule has 0 saturated carbocycles. The first-order valence-corrected chi connectivity index (χ1v) is 6.85. The van der Waals surface area contributed by atoms with Crippen molar-refractivity contribution in [1.29, 1.82) is 0 Å². The maximum Gasteiger partial charge on any atom is 0.287 e. The van der Waals surface area contributed by atoms with Crippen LogP contribution in [0.15, 0.2) is 18.3 Å². The van der Waals surface area contributed by atoms with Gasteiger partial charge in [0.1, 0.15) is 12.0 Å². The van der Waals surface area contributed by atoms with E-state index in [2.05, 4.69) is 15.2 Å². The van der Waals surface area contributed by atoms with Crippen molar-refractivity contribution in [3.8, 4) is 0 Å². The molecule has 19 heavy (non-hydrogen) atoms. The van der Waals surface area contributed by atoms with Gasteiger partial charge >= 0.3 is 0 Å². The van der Waals surface area contributed by atoms with Crippen LogP contribution in [-0.2, 0) is 0 Å². The number of hydrogen-bond acceptors (Lipinski definition) is 5. The summed E-state index contributed by atoms with van der Waals surface area (Å²) in [6.07, 6.45) is 6.29. The average Bonchev–Trinajstić information content (AvgIpc) is 2.83. The third kappa shape index (κ3) is 2.53. The molecule has 2 atom stereocenters. The number of fused-ring (bicyclic) bond motifs is 1. The number of nitro groups is 1.